The number of hydrogen-bond donors (Lipinski definition) is 3. The zero-order chi connectivity index (χ0) is 23.3. The molecule has 2 aromatic rings. The Morgan fingerprint density at radius 3 is 2.66 bits per heavy atom. The molecule has 10 nitrogen and oxygen atoms in total. The lowest BCUT2D eigenvalue weighted by Gasteiger charge is -2.32. The summed E-state index contributed by atoms with van der Waals surface area (Å²) >= 11 is 0. The van der Waals surface area contributed by atoms with Crippen LogP contribution in [0.5, 0.6) is 0 Å². The number of nitrogens with zero attached hydrogens (tertiary/aromatic N) is 3. The van der Waals surface area contributed by atoms with Gasteiger partial charge in [-0.2, -0.15) is 4.98 Å². The molecule has 0 unspecified atom stereocenters. The summed E-state index contributed by atoms with van der Waals surface area (Å²) in [6.45, 7) is 6.79. The molecule has 1 aliphatic heterocycles. The molecule has 0 radical (unpaired) electrons. The van der Waals surface area contributed by atoms with Gasteiger partial charge in [0.05, 0.1) is 6.54 Å². The topological polar surface area (TPSA) is 133 Å². The average molecular weight is 443 g/mol. The standard InChI is InChI=1S/C22H30N6O4/c1-22(2,3)31-21(30)28-9-7-14(8-10-28)20-26-19(27-32-20)15-5-6-16(12-23)17(11-15)25-13-18(29)24-4/h5-6,11-12,14,23,25H,7-10,13H2,1-4H3,(H,24,29). The summed E-state index contributed by atoms with van der Waals surface area (Å²) in [5.74, 6) is 0.890. The van der Waals surface area contributed by atoms with E-state index in [1.807, 2.05) is 26.8 Å². The zero-order valence-corrected chi connectivity index (χ0v) is 18.9. The van der Waals surface area contributed by atoms with Crippen molar-refractivity contribution in [2.75, 3.05) is 32.0 Å². The minimum absolute atomic E-state index is 0.0710. The van der Waals surface area contributed by atoms with Crippen LogP contribution in [0.1, 0.15) is 51.0 Å². The minimum atomic E-state index is -0.517. The van der Waals surface area contributed by atoms with Crippen LogP contribution >= 0.6 is 0 Å². The number of ether oxygens (including phenoxy) is 1. The van der Waals surface area contributed by atoms with Crippen molar-refractivity contribution in [3.8, 4) is 11.4 Å². The van der Waals surface area contributed by atoms with Gasteiger partial charge in [-0.3, -0.25) is 4.79 Å². The van der Waals surface area contributed by atoms with Crippen molar-refractivity contribution >= 4 is 23.9 Å². The molecule has 2 heterocycles. The van der Waals surface area contributed by atoms with Gasteiger partial charge in [0.2, 0.25) is 17.6 Å². The van der Waals surface area contributed by atoms with Crippen LogP contribution < -0.4 is 10.6 Å². The molecule has 0 saturated carbocycles. The second-order valence-corrected chi connectivity index (χ2v) is 8.67. The Balaban J connectivity index is 1.66. The molecule has 32 heavy (non-hydrogen) atoms. The highest BCUT2D eigenvalue weighted by molar-refractivity contribution is 5.89. The van der Waals surface area contributed by atoms with Crippen LogP contribution in [0, 0.1) is 5.41 Å². The Labute approximate surface area is 187 Å². The molecule has 1 saturated heterocycles. The fourth-order valence-electron chi connectivity index (χ4n) is 3.39. The smallest absolute Gasteiger partial charge is 0.410 e. The molecule has 3 N–H and O–H groups in total. The second kappa shape index (κ2) is 9.80. The summed E-state index contributed by atoms with van der Waals surface area (Å²) in [5, 5.41) is 17.3. The van der Waals surface area contributed by atoms with Crippen LogP contribution in [-0.4, -0.2) is 65.5 Å². The third-order valence-corrected chi connectivity index (χ3v) is 5.12. The summed E-state index contributed by atoms with van der Waals surface area (Å²) in [7, 11) is 1.57. The third kappa shape index (κ3) is 5.83. The number of carbonyl (C=O) groups is 2. The average Bonchev–Trinajstić information content (AvgIpc) is 3.26. The van der Waals surface area contributed by atoms with Crippen LogP contribution in [0.25, 0.3) is 11.4 Å². The van der Waals surface area contributed by atoms with Gasteiger partial charge in [0, 0.05) is 49.1 Å². The van der Waals surface area contributed by atoms with E-state index in [4.69, 9.17) is 14.7 Å². The lowest BCUT2D eigenvalue weighted by molar-refractivity contribution is -0.118. The highest BCUT2D eigenvalue weighted by atomic mass is 16.6. The van der Waals surface area contributed by atoms with Crippen LogP contribution in [0.3, 0.4) is 0 Å². The molecule has 1 aromatic carbocycles. The van der Waals surface area contributed by atoms with Crippen molar-refractivity contribution < 1.29 is 18.8 Å². The minimum Gasteiger partial charge on any atom is -0.444 e. The van der Waals surface area contributed by atoms with Gasteiger partial charge in [0.25, 0.3) is 0 Å². The summed E-state index contributed by atoms with van der Waals surface area (Å²) < 4.78 is 11.0. The third-order valence-electron chi connectivity index (χ3n) is 5.12. The van der Waals surface area contributed by atoms with Crippen molar-refractivity contribution in [2.45, 2.75) is 45.1 Å². The quantitative estimate of drug-likeness (QED) is 0.586. The molecule has 1 aromatic heterocycles. The molecule has 0 aliphatic carbocycles. The fraction of sp³-hybridized carbons (Fsp3) is 0.500. The maximum Gasteiger partial charge on any atom is 0.410 e. The van der Waals surface area contributed by atoms with E-state index in [-0.39, 0.29) is 24.5 Å². The van der Waals surface area contributed by atoms with E-state index in [2.05, 4.69) is 20.8 Å². The van der Waals surface area contributed by atoms with E-state index in [1.54, 1.807) is 24.1 Å². The first kappa shape index (κ1) is 23.2. The molecule has 2 amide bonds. The summed E-state index contributed by atoms with van der Waals surface area (Å²) in [4.78, 5) is 30.1. The molecular formula is C22H30N6O4. The van der Waals surface area contributed by atoms with E-state index in [9.17, 15) is 9.59 Å². The van der Waals surface area contributed by atoms with Crippen molar-refractivity contribution in [3.63, 3.8) is 0 Å². The molecular weight excluding hydrogens is 412 g/mol. The number of benzene rings is 1. The van der Waals surface area contributed by atoms with Crippen LogP contribution in [0.15, 0.2) is 22.7 Å². The Kier molecular flexibility index (Phi) is 7.12. The van der Waals surface area contributed by atoms with Crippen LogP contribution in [-0.2, 0) is 9.53 Å². The number of rotatable bonds is 6. The predicted octanol–water partition coefficient (Wildman–Crippen LogP) is 3.01. The summed E-state index contributed by atoms with van der Waals surface area (Å²) in [6.07, 6.45) is 2.35. The molecule has 0 spiro atoms. The van der Waals surface area contributed by atoms with Crippen LogP contribution in [0.2, 0.25) is 0 Å². The van der Waals surface area contributed by atoms with E-state index < -0.39 is 5.60 Å². The number of likely N-dealkylation sites (tertiary alicyclic amines) is 1. The lowest BCUT2D eigenvalue weighted by Crippen LogP contribution is -2.41. The predicted molar refractivity (Wildman–Crippen MR) is 120 cm³/mol. The first-order chi connectivity index (χ1) is 15.2. The molecule has 172 valence electrons. The van der Waals surface area contributed by atoms with Gasteiger partial charge in [-0.1, -0.05) is 17.3 Å². The van der Waals surface area contributed by atoms with Gasteiger partial charge >= 0.3 is 6.09 Å². The lowest BCUT2D eigenvalue weighted by atomic mass is 9.97. The largest absolute Gasteiger partial charge is 0.444 e. The molecule has 1 aliphatic rings. The monoisotopic (exact) mass is 442 g/mol. The number of likely N-dealkylation sites (N-methyl/N-ethyl adjacent to an activating group) is 1. The van der Waals surface area contributed by atoms with Gasteiger partial charge in [-0.15, -0.1) is 0 Å². The van der Waals surface area contributed by atoms with Crippen molar-refractivity contribution in [1.29, 1.82) is 5.41 Å². The zero-order valence-electron chi connectivity index (χ0n) is 18.9. The molecule has 10 heteroatoms. The Bertz CT molecular complexity index is 973. The van der Waals surface area contributed by atoms with E-state index >= 15 is 0 Å². The number of amides is 2. The summed E-state index contributed by atoms with van der Waals surface area (Å²) in [5.41, 5.74) is 1.49. The van der Waals surface area contributed by atoms with Crippen molar-refractivity contribution in [1.82, 2.24) is 20.4 Å². The van der Waals surface area contributed by atoms with E-state index in [1.165, 1.54) is 6.21 Å². The van der Waals surface area contributed by atoms with Gasteiger partial charge in [0.1, 0.15) is 5.60 Å². The van der Waals surface area contributed by atoms with E-state index in [0.717, 1.165) is 5.56 Å². The summed E-state index contributed by atoms with van der Waals surface area (Å²) in [6, 6.07) is 5.37. The number of hydrogen-bond acceptors (Lipinski definition) is 8. The van der Waals surface area contributed by atoms with Gasteiger partial charge in [-0.05, 0) is 39.7 Å². The second-order valence-electron chi connectivity index (χ2n) is 8.67. The highest BCUT2D eigenvalue weighted by Crippen LogP contribution is 2.30. The molecule has 0 bridgehead atoms. The Morgan fingerprint density at radius 1 is 1.31 bits per heavy atom. The van der Waals surface area contributed by atoms with Crippen molar-refractivity contribution in [3.05, 3.63) is 29.7 Å². The SMILES string of the molecule is CNC(=O)CNc1cc(-c2noc(C3CCN(C(=O)OC(C)(C)C)CC3)n2)ccc1C=N. The Hall–Kier alpha value is -3.43. The maximum absolute atomic E-state index is 12.3. The molecule has 0 atom stereocenters. The van der Waals surface area contributed by atoms with Gasteiger partial charge < -0.3 is 30.2 Å². The number of nitrogens with one attached hydrogen (secondary N) is 3. The number of anilines is 1. The van der Waals surface area contributed by atoms with Gasteiger partial charge in [-0.25, -0.2) is 4.79 Å². The molecule has 1 fully saturated rings. The molecule has 3 rings (SSSR count). The Morgan fingerprint density at radius 2 is 2.03 bits per heavy atom. The number of aromatic nitrogens is 2. The maximum atomic E-state index is 12.3. The van der Waals surface area contributed by atoms with Crippen LogP contribution in [0.4, 0.5) is 10.5 Å². The first-order valence-corrected chi connectivity index (χ1v) is 10.6. The highest BCUT2D eigenvalue weighted by Gasteiger charge is 2.30. The number of carbonyl (C=O) groups excluding carboxylic acids is 2. The number of piperidine rings is 1. The fourth-order valence-corrected chi connectivity index (χ4v) is 3.39. The van der Waals surface area contributed by atoms with E-state index in [0.29, 0.717) is 48.9 Å². The van der Waals surface area contributed by atoms with Crippen molar-refractivity contribution in [2.24, 2.45) is 0 Å². The first-order valence-electron chi connectivity index (χ1n) is 10.6. The van der Waals surface area contributed by atoms with Gasteiger partial charge in [0.15, 0.2) is 0 Å². The normalized spacial score (nSPS) is 14.7.